The molecule has 0 radical (unpaired) electrons. The zero-order valence-electron chi connectivity index (χ0n) is 20.0. The van der Waals surface area contributed by atoms with E-state index in [1.54, 1.807) is 91.0 Å². The van der Waals surface area contributed by atoms with Gasteiger partial charge in [0, 0.05) is 17.0 Å². The number of amides is 2. The molecule has 7 heteroatoms. The Labute approximate surface area is 219 Å². The highest BCUT2D eigenvalue weighted by molar-refractivity contribution is 8.00. The summed E-state index contributed by atoms with van der Waals surface area (Å²) >= 11 is 0.381. The lowest BCUT2D eigenvalue weighted by Crippen LogP contribution is -2.45. The first-order chi connectivity index (χ1) is 17.9. The van der Waals surface area contributed by atoms with Crippen LogP contribution in [0.25, 0.3) is 0 Å². The Kier molecular flexibility index (Phi) is 8.69. The van der Waals surface area contributed by atoms with E-state index >= 15 is 0 Å². The van der Waals surface area contributed by atoms with E-state index in [1.165, 1.54) is 4.90 Å². The quantitative estimate of drug-likeness (QED) is 0.243. The number of alkyl halides is 2. The van der Waals surface area contributed by atoms with Crippen LogP contribution in [-0.4, -0.2) is 28.5 Å². The molecule has 4 aromatic rings. The predicted molar refractivity (Wildman–Crippen MR) is 142 cm³/mol. The molecule has 0 saturated heterocycles. The monoisotopic (exact) mass is 516 g/mol. The fraction of sp³-hybridized carbons (Fsp3) is 0.133. The van der Waals surface area contributed by atoms with Crippen molar-refractivity contribution in [2.75, 3.05) is 6.54 Å². The van der Waals surface area contributed by atoms with Crippen molar-refractivity contribution in [1.29, 1.82) is 0 Å². The molecule has 1 atom stereocenters. The fourth-order valence-corrected chi connectivity index (χ4v) is 4.68. The number of carbonyl (C=O) groups is 2. The van der Waals surface area contributed by atoms with Crippen molar-refractivity contribution >= 4 is 23.6 Å². The number of thioether (sulfide) groups is 1. The van der Waals surface area contributed by atoms with Crippen LogP contribution in [0.4, 0.5) is 8.78 Å². The Bertz CT molecular complexity index is 1290. The molecule has 0 spiro atoms. The minimum absolute atomic E-state index is 0.122. The number of benzene rings is 4. The van der Waals surface area contributed by atoms with E-state index in [9.17, 15) is 18.4 Å². The Balaban J connectivity index is 1.64. The molecule has 1 N–H and O–H groups in total. The van der Waals surface area contributed by atoms with Crippen LogP contribution >= 0.6 is 11.8 Å². The van der Waals surface area contributed by atoms with Gasteiger partial charge in [0.15, 0.2) is 0 Å². The average molecular weight is 517 g/mol. The Morgan fingerprint density at radius 2 is 1.27 bits per heavy atom. The second-order valence-corrected chi connectivity index (χ2v) is 9.64. The summed E-state index contributed by atoms with van der Waals surface area (Å²) in [5.41, 5.74) is 1.74. The van der Waals surface area contributed by atoms with Crippen LogP contribution in [0.15, 0.2) is 126 Å². The predicted octanol–water partition coefficient (Wildman–Crippen LogP) is 6.57. The first-order valence-electron chi connectivity index (χ1n) is 11.8. The SMILES string of the molecule is O=C(NCC(F)(F)Sc1ccccc1)C(c1ccccc1)N(Cc1ccccc1)C(=O)c1ccccc1. The Morgan fingerprint density at radius 3 is 1.86 bits per heavy atom. The highest BCUT2D eigenvalue weighted by Crippen LogP contribution is 2.35. The molecule has 0 fully saturated rings. The summed E-state index contributed by atoms with van der Waals surface area (Å²) < 4.78 is 29.5. The molecule has 0 aliphatic heterocycles. The van der Waals surface area contributed by atoms with Gasteiger partial charge in [0.25, 0.3) is 5.91 Å². The molecule has 0 bridgehead atoms. The summed E-state index contributed by atoms with van der Waals surface area (Å²) in [5.74, 6) is -1.06. The van der Waals surface area contributed by atoms with Crippen molar-refractivity contribution in [3.8, 4) is 0 Å². The molecule has 0 saturated carbocycles. The van der Waals surface area contributed by atoms with Gasteiger partial charge in [0.1, 0.15) is 6.04 Å². The summed E-state index contributed by atoms with van der Waals surface area (Å²) in [7, 11) is 0. The van der Waals surface area contributed by atoms with Crippen LogP contribution in [-0.2, 0) is 11.3 Å². The molecule has 1 unspecified atom stereocenters. The first kappa shape index (κ1) is 26.1. The second kappa shape index (κ2) is 12.3. The van der Waals surface area contributed by atoms with Gasteiger partial charge in [-0.2, -0.15) is 8.78 Å². The number of hydrogen-bond donors (Lipinski definition) is 1. The summed E-state index contributed by atoms with van der Waals surface area (Å²) in [6.07, 6.45) is 0. The van der Waals surface area contributed by atoms with Crippen LogP contribution in [0.2, 0.25) is 0 Å². The van der Waals surface area contributed by atoms with E-state index in [1.807, 2.05) is 30.3 Å². The summed E-state index contributed by atoms with van der Waals surface area (Å²) in [5, 5.41) is -0.833. The zero-order chi connectivity index (χ0) is 26.1. The molecule has 37 heavy (non-hydrogen) atoms. The van der Waals surface area contributed by atoms with E-state index in [4.69, 9.17) is 0 Å². The lowest BCUT2D eigenvalue weighted by Gasteiger charge is -2.32. The van der Waals surface area contributed by atoms with Gasteiger partial charge in [-0.05, 0) is 35.4 Å². The molecule has 4 aromatic carbocycles. The summed E-state index contributed by atoms with van der Waals surface area (Å²) in [6.45, 7) is -0.760. The Hall–Kier alpha value is -3.97. The third-order valence-corrected chi connectivity index (χ3v) is 6.58. The van der Waals surface area contributed by atoms with Gasteiger partial charge in [0.05, 0.1) is 6.54 Å². The third-order valence-electron chi connectivity index (χ3n) is 5.63. The van der Waals surface area contributed by atoms with E-state index in [0.29, 0.717) is 27.8 Å². The standard InChI is InChI=1S/C30H26F2N2O2S/c31-30(32,37-26-19-11-4-12-20-26)22-33-28(35)27(24-15-7-2-8-16-24)34(21-23-13-5-1-6-14-23)29(36)25-17-9-3-10-18-25/h1-20,27H,21-22H2,(H,33,35). The van der Waals surface area contributed by atoms with Gasteiger partial charge in [-0.1, -0.05) is 109 Å². The number of carbonyl (C=O) groups excluding carboxylic acids is 2. The molecule has 0 aromatic heterocycles. The maximum absolute atomic E-state index is 14.8. The van der Waals surface area contributed by atoms with E-state index in [0.717, 1.165) is 5.56 Å². The molecule has 0 heterocycles. The second-order valence-electron chi connectivity index (χ2n) is 8.37. The van der Waals surface area contributed by atoms with Crippen molar-refractivity contribution in [3.05, 3.63) is 138 Å². The third kappa shape index (κ3) is 7.27. The lowest BCUT2D eigenvalue weighted by atomic mass is 10.0. The van der Waals surface area contributed by atoms with Crippen molar-refractivity contribution in [3.63, 3.8) is 0 Å². The van der Waals surface area contributed by atoms with Crippen molar-refractivity contribution in [1.82, 2.24) is 10.2 Å². The van der Waals surface area contributed by atoms with Crippen molar-refractivity contribution in [2.45, 2.75) is 22.7 Å². The van der Waals surface area contributed by atoms with E-state index in [-0.39, 0.29) is 12.5 Å². The van der Waals surface area contributed by atoms with Crippen LogP contribution < -0.4 is 5.32 Å². The molecule has 188 valence electrons. The minimum atomic E-state index is -3.24. The highest BCUT2D eigenvalue weighted by atomic mass is 32.2. The van der Waals surface area contributed by atoms with Gasteiger partial charge < -0.3 is 10.2 Å². The van der Waals surface area contributed by atoms with E-state index < -0.39 is 23.7 Å². The van der Waals surface area contributed by atoms with Gasteiger partial charge in [0.2, 0.25) is 5.91 Å². The zero-order valence-corrected chi connectivity index (χ0v) is 20.8. The van der Waals surface area contributed by atoms with Crippen LogP contribution in [0.3, 0.4) is 0 Å². The number of rotatable bonds is 10. The number of nitrogens with one attached hydrogen (secondary N) is 1. The largest absolute Gasteiger partial charge is 0.347 e. The summed E-state index contributed by atoms with van der Waals surface area (Å²) in [6, 6.07) is 33.8. The van der Waals surface area contributed by atoms with Gasteiger partial charge >= 0.3 is 5.25 Å². The number of hydrogen-bond acceptors (Lipinski definition) is 3. The number of nitrogens with zero attached hydrogens (tertiary/aromatic N) is 1. The van der Waals surface area contributed by atoms with Crippen LogP contribution in [0, 0.1) is 0 Å². The molecule has 2 amide bonds. The maximum Gasteiger partial charge on any atom is 0.315 e. The maximum atomic E-state index is 14.8. The van der Waals surface area contributed by atoms with Crippen molar-refractivity contribution < 1.29 is 18.4 Å². The topological polar surface area (TPSA) is 49.4 Å². The molecule has 0 aliphatic rings. The smallest absolute Gasteiger partial charge is 0.315 e. The molecule has 4 nitrogen and oxygen atoms in total. The molecule has 4 rings (SSSR count). The lowest BCUT2D eigenvalue weighted by molar-refractivity contribution is -0.127. The van der Waals surface area contributed by atoms with Crippen molar-refractivity contribution in [2.24, 2.45) is 0 Å². The summed E-state index contributed by atoms with van der Waals surface area (Å²) in [4.78, 5) is 29.1. The van der Waals surface area contributed by atoms with Gasteiger partial charge in [-0.25, -0.2) is 0 Å². The van der Waals surface area contributed by atoms with Crippen LogP contribution in [0.5, 0.6) is 0 Å². The molecule has 0 aliphatic carbocycles. The normalized spacial score (nSPS) is 11.9. The highest BCUT2D eigenvalue weighted by Gasteiger charge is 2.36. The van der Waals surface area contributed by atoms with Gasteiger partial charge in [-0.15, -0.1) is 0 Å². The number of halogens is 2. The minimum Gasteiger partial charge on any atom is -0.347 e. The molecular formula is C30H26F2N2O2S. The molecular weight excluding hydrogens is 490 g/mol. The first-order valence-corrected chi connectivity index (χ1v) is 12.6. The fourth-order valence-electron chi connectivity index (χ4n) is 3.90. The van der Waals surface area contributed by atoms with Crippen LogP contribution in [0.1, 0.15) is 27.5 Å². The average Bonchev–Trinajstić information content (AvgIpc) is 2.93. The Morgan fingerprint density at radius 1 is 0.757 bits per heavy atom. The van der Waals surface area contributed by atoms with Gasteiger partial charge in [-0.3, -0.25) is 9.59 Å². The van der Waals surface area contributed by atoms with E-state index in [2.05, 4.69) is 5.32 Å².